The van der Waals surface area contributed by atoms with Crippen LogP contribution in [-0.2, 0) is 4.79 Å². The molecule has 0 aliphatic heterocycles. The van der Waals surface area contributed by atoms with Gasteiger partial charge in [-0.05, 0) is 56.2 Å². The zero-order valence-corrected chi connectivity index (χ0v) is 17.7. The summed E-state index contributed by atoms with van der Waals surface area (Å²) in [6.07, 6.45) is 4.17. The van der Waals surface area contributed by atoms with Crippen molar-refractivity contribution < 1.29 is 4.79 Å². The van der Waals surface area contributed by atoms with Gasteiger partial charge in [0.2, 0.25) is 5.91 Å². The minimum absolute atomic E-state index is 0.0182. The van der Waals surface area contributed by atoms with Crippen LogP contribution in [0.4, 0.5) is 5.69 Å². The molecule has 4 rings (SSSR count). The molecule has 1 heterocycles. The van der Waals surface area contributed by atoms with E-state index in [-0.39, 0.29) is 17.5 Å². The van der Waals surface area contributed by atoms with Crippen LogP contribution in [0.5, 0.6) is 0 Å². The van der Waals surface area contributed by atoms with Crippen LogP contribution >= 0.6 is 23.4 Å². The minimum atomic E-state index is -0.411. The van der Waals surface area contributed by atoms with E-state index in [4.69, 9.17) is 16.6 Å². The van der Waals surface area contributed by atoms with Crippen LogP contribution < -0.4 is 10.9 Å². The molecule has 0 radical (unpaired) electrons. The minimum Gasteiger partial charge on any atom is -0.325 e. The summed E-state index contributed by atoms with van der Waals surface area (Å²) >= 11 is 7.23. The number of rotatable bonds is 5. The normalized spacial score (nSPS) is 15.5. The molecule has 1 fully saturated rings. The monoisotopic (exact) mass is 427 g/mol. The Morgan fingerprint density at radius 1 is 1.17 bits per heavy atom. The number of nitrogens with zero attached hydrogens (tertiary/aromatic N) is 2. The Bertz CT molecular complexity index is 1090. The van der Waals surface area contributed by atoms with Crippen molar-refractivity contribution in [3.05, 3.63) is 63.9 Å². The van der Waals surface area contributed by atoms with Crippen LogP contribution in [0.15, 0.2) is 58.5 Å². The third-order valence-electron chi connectivity index (χ3n) is 5.23. The van der Waals surface area contributed by atoms with Gasteiger partial charge in [0.25, 0.3) is 5.56 Å². The zero-order chi connectivity index (χ0) is 20.4. The van der Waals surface area contributed by atoms with Crippen LogP contribution in [0.2, 0.25) is 5.02 Å². The molecule has 3 aromatic rings. The molecule has 2 aromatic carbocycles. The highest BCUT2D eigenvalue weighted by atomic mass is 35.5. The van der Waals surface area contributed by atoms with Crippen LogP contribution in [0.1, 0.15) is 38.6 Å². The number of carbonyl (C=O) groups excluding carboxylic acids is 1. The molecular weight excluding hydrogens is 406 g/mol. The average molecular weight is 428 g/mol. The van der Waals surface area contributed by atoms with Crippen molar-refractivity contribution in [2.45, 2.75) is 49.1 Å². The van der Waals surface area contributed by atoms with Crippen molar-refractivity contribution in [3.8, 4) is 0 Å². The number of aromatic nitrogens is 2. The maximum atomic E-state index is 13.2. The number of amides is 1. The summed E-state index contributed by atoms with van der Waals surface area (Å²) in [5, 5.41) is 4.34. The summed E-state index contributed by atoms with van der Waals surface area (Å²) in [6, 6.07) is 14.5. The van der Waals surface area contributed by atoms with E-state index in [1.54, 1.807) is 24.3 Å². The third-order valence-corrected chi connectivity index (χ3v) is 6.55. The Labute approximate surface area is 178 Å². The summed E-state index contributed by atoms with van der Waals surface area (Å²) in [7, 11) is 0. The van der Waals surface area contributed by atoms with Crippen molar-refractivity contribution in [3.63, 3.8) is 0 Å². The van der Waals surface area contributed by atoms with Gasteiger partial charge >= 0.3 is 0 Å². The van der Waals surface area contributed by atoms with E-state index in [9.17, 15) is 9.59 Å². The lowest BCUT2D eigenvalue weighted by molar-refractivity contribution is -0.115. The predicted molar refractivity (Wildman–Crippen MR) is 119 cm³/mol. The van der Waals surface area contributed by atoms with Crippen molar-refractivity contribution in [2.24, 2.45) is 0 Å². The molecular formula is C22H22ClN3O2S. The quantitative estimate of drug-likeness (QED) is 0.444. The highest BCUT2D eigenvalue weighted by Crippen LogP contribution is 2.33. The van der Waals surface area contributed by atoms with E-state index in [2.05, 4.69) is 5.32 Å². The van der Waals surface area contributed by atoms with Gasteiger partial charge in [-0.25, -0.2) is 4.98 Å². The maximum Gasteiger partial charge on any atom is 0.262 e. The number of halogens is 1. The molecule has 0 spiro atoms. The molecule has 1 aliphatic carbocycles. The lowest BCUT2D eigenvalue weighted by atomic mass is 10.2. The first-order chi connectivity index (χ1) is 14.0. The number of hydrogen-bond donors (Lipinski definition) is 1. The topological polar surface area (TPSA) is 64.0 Å². The van der Waals surface area contributed by atoms with Crippen molar-refractivity contribution in [2.75, 3.05) is 5.32 Å². The number of benzene rings is 2. The first-order valence-electron chi connectivity index (χ1n) is 9.77. The molecule has 7 heteroatoms. The lowest BCUT2D eigenvalue weighted by Gasteiger charge is -2.20. The molecule has 1 aromatic heterocycles. The van der Waals surface area contributed by atoms with Crippen LogP contribution in [0.25, 0.3) is 10.9 Å². The van der Waals surface area contributed by atoms with Crippen LogP contribution in [-0.4, -0.2) is 20.7 Å². The molecule has 1 atom stereocenters. The van der Waals surface area contributed by atoms with E-state index in [0.29, 0.717) is 26.8 Å². The molecule has 1 saturated carbocycles. The van der Waals surface area contributed by atoms with E-state index in [1.807, 2.05) is 35.8 Å². The largest absolute Gasteiger partial charge is 0.325 e. The molecule has 1 amide bonds. The zero-order valence-electron chi connectivity index (χ0n) is 16.1. The predicted octanol–water partition coefficient (Wildman–Crippen LogP) is 5.28. The van der Waals surface area contributed by atoms with Gasteiger partial charge in [0.1, 0.15) is 0 Å². The Hall–Kier alpha value is -2.31. The Balaban J connectivity index is 1.63. The molecule has 1 N–H and O–H groups in total. The smallest absolute Gasteiger partial charge is 0.262 e. The van der Waals surface area contributed by atoms with Gasteiger partial charge in [-0.15, -0.1) is 0 Å². The number of fused-ring (bicyclic) bond motifs is 1. The highest BCUT2D eigenvalue weighted by molar-refractivity contribution is 8.00. The van der Waals surface area contributed by atoms with Gasteiger partial charge in [0.05, 0.1) is 16.2 Å². The number of hydrogen-bond acceptors (Lipinski definition) is 4. The number of nitrogens with one attached hydrogen (secondary N) is 1. The van der Waals surface area contributed by atoms with Gasteiger partial charge in [-0.3, -0.25) is 14.2 Å². The Morgan fingerprint density at radius 3 is 2.59 bits per heavy atom. The second-order valence-electron chi connectivity index (χ2n) is 7.28. The van der Waals surface area contributed by atoms with E-state index < -0.39 is 5.25 Å². The highest BCUT2D eigenvalue weighted by Gasteiger charge is 2.25. The van der Waals surface area contributed by atoms with Crippen molar-refractivity contribution in [1.82, 2.24) is 9.55 Å². The SMILES string of the molecule is CC(Sc1nc2ccccc2c(=O)n1C1CCCC1)C(=O)Nc1ccc(Cl)cc1. The molecule has 1 unspecified atom stereocenters. The average Bonchev–Trinajstić information content (AvgIpc) is 3.24. The van der Waals surface area contributed by atoms with Gasteiger partial charge in [-0.1, -0.05) is 48.3 Å². The van der Waals surface area contributed by atoms with Crippen molar-refractivity contribution >= 4 is 45.9 Å². The van der Waals surface area contributed by atoms with E-state index in [0.717, 1.165) is 25.7 Å². The van der Waals surface area contributed by atoms with Gasteiger partial charge in [-0.2, -0.15) is 0 Å². The number of carbonyl (C=O) groups is 1. The van der Waals surface area contributed by atoms with Crippen molar-refractivity contribution in [1.29, 1.82) is 0 Å². The molecule has 5 nitrogen and oxygen atoms in total. The Kier molecular flexibility index (Phi) is 5.92. The summed E-state index contributed by atoms with van der Waals surface area (Å²) in [5.41, 5.74) is 1.33. The molecule has 150 valence electrons. The fraction of sp³-hybridized carbons (Fsp3) is 0.318. The number of anilines is 1. The fourth-order valence-corrected chi connectivity index (χ4v) is 4.79. The summed E-state index contributed by atoms with van der Waals surface area (Å²) in [5.74, 6) is -0.141. The van der Waals surface area contributed by atoms with Crippen LogP contribution in [0, 0.1) is 0 Å². The Morgan fingerprint density at radius 2 is 1.86 bits per heavy atom. The van der Waals surface area contributed by atoms with Gasteiger partial charge < -0.3 is 5.32 Å². The van der Waals surface area contributed by atoms with E-state index in [1.165, 1.54) is 11.8 Å². The standard InChI is InChI=1S/C22H22ClN3O2S/c1-14(20(27)24-16-12-10-15(23)11-13-16)29-22-25-19-9-5-4-8-18(19)21(28)26(22)17-6-2-3-7-17/h4-5,8-14,17H,2-3,6-7H2,1H3,(H,24,27). The number of thioether (sulfide) groups is 1. The first kappa shape index (κ1) is 20.0. The summed E-state index contributed by atoms with van der Waals surface area (Å²) < 4.78 is 1.81. The third kappa shape index (κ3) is 4.33. The van der Waals surface area contributed by atoms with E-state index >= 15 is 0 Å². The molecule has 1 aliphatic rings. The summed E-state index contributed by atoms with van der Waals surface area (Å²) in [6.45, 7) is 1.83. The second-order valence-corrected chi connectivity index (χ2v) is 9.03. The van der Waals surface area contributed by atoms with Crippen LogP contribution in [0.3, 0.4) is 0 Å². The van der Waals surface area contributed by atoms with Gasteiger partial charge in [0, 0.05) is 16.8 Å². The second kappa shape index (κ2) is 8.59. The maximum absolute atomic E-state index is 13.2. The molecule has 0 saturated heterocycles. The fourth-order valence-electron chi connectivity index (χ4n) is 3.68. The molecule has 0 bridgehead atoms. The first-order valence-corrected chi connectivity index (χ1v) is 11.0. The number of para-hydroxylation sites is 1. The molecule has 29 heavy (non-hydrogen) atoms. The lowest BCUT2D eigenvalue weighted by Crippen LogP contribution is -2.29. The summed E-state index contributed by atoms with van der Waals surface area (Å²) in [4.78, 5) is 30.7. The van der Waals surface area contributed by atoms with Gasteiger partial charge in [0.15, 0.2) is 5.16 Å².